The Hall–Kier alpha value is -3.44. The summed E-state index contributed by atoms with van der Waals surface area (Å²) in [5.41, 5.74) is 2.82. The Morgan fingerprint density at radius 3 is 2.90 bits per heavy atom. The second-order valence-electron chi connectivity index (χ2n) is 6.68. The number of hydrogen-bond acceptors (Lipinski definition) is 5. The third-order valence-electron chi connectivity index (χ3n) is 4.63. The molecule has 4 rings (SSSR count). The van der Waals surface area contributed by atoms with Crippen molar-refractivity contribution in [1.29, 1.82) is 5.41 Å². The van der Waals surface area contributed by atoms with Crippen LogP contribution in [0.1, 0.15) is 12.1 Å². The SMILES string of the molecule is N=C1C=CC(c2ccnc(Nc3cccc(Cl)c3)n2)=C/C1=C(/[O-])C1C=CC=CC1. The fraction of sp³-hybridized carbons (Fsp3) is 0.0870. The van der Waals surface area contributed by atoms with Crippen LogP contribution in [0, 0.1) is 11.3 Å². The third-order valence-corrected chi connectivity index (χ3v) is 4.87. The van der Waals surface area contributed by atoms with Crippen LogP contribution in [0.25, 0.3) is 5.57 Å². The van der Waals surface area contributed by atoms with Gasteiger partial charge >= 0.3 is 0 Å². The zero-order valence-corrected chi connectivity index (χ0v) is 16.2. The van der Waals surface area contributed by atoms with E-state index < -0.39 is 0 Å². The van der Waals surface area contributed by atoms with Gasteiger partial charge in [0, 0.05) is 22.5 Å². The van der Waals surface area contributed by atoms with Gasteiger partial charge in [-0.2, -0.15) is 0 Å². The summed E-state index contributed by atoms with van der Waals surface area (Å²) >= 11 is 6.02. The molecule has 0 aliphatic heterocycles. The molecule has 2 aliphatic rings. The van der Waals surface area contributed by atoms with E-state index in [1.165, 1.54) is 0 Å². The molecule has 2 aliphatic carbocycles. The minimum Gasteiger partial charge on any atom is -0.875 e. The number of nitrogens with one attached hydrogen (secondary N) is 2. The predicted octanol–water partition coefficient (Wildman–Crippen LogP) is 4.59. The van der Waals surface area contributed by atoms with E-state index in [4.69, 9.17) is 17.0 Å². The normalized spacial score (nSPS) is 19.8. The van der Waals surface area contributed by atoms with Gasteiger partial charge in [0.05, 0.1) is 11.4 Å². The topological polar surface area (TPSA) is 84.7 Å². The minimum atomic E-state index is -0.232. The van der Waals surface area contributed by atoms with Gasteiger partial charge < -0.3 is 15.8 Å². The number of rotatable bonds is 4. The van der Waals surface area contributed by atoms with Gasteiger partial charge in [0.15, 0.2) is 0 Å². The van der Waals surface area contributed by atoms with E-state index in [1.807, 2.05) is 36.4 Å². The maximum atomic E-state index is 12.9. The van der Waals surface area contributed by atoms with E-state index >= 15 is 0 Å². The summed E-state index contributed by atoms with van der Waals surface area (Å²) in [5, 5.41) is 24.8. The van der Waals surface area contributed by atoms with Gasteiger partial charge in [0.2, 0.25) is 5.95 Å². The van der Waals surface area contributed by atoms with E-state index in [0.717, 1.165) is 11.3 Å². The van der Waals surface area contributed by atoms with E-state index in [-0.39, 0.29) is 17.4 Å². The highest BCUT2D eigenvalue weighted by Gasteiger charge is 2.15. The molecule has 6 heteroatoms. The lowest BCUT2D eigenvalue weighted by molar-refractivity contribution is -0.313. The van der Waals surface area contributed by atoms with Crippen LogP contribution in [0.3, 0.4) is 0 Å². The summed E-state index contributed by atoms with van der Waals surface area (Å²) in [6.45, 7) is 0. The highest BCUT2D eigenvalue weighted by molar-refractivity contribution is 6.30. The lowest BCUT2D eigenvalue weighted by Crippen LogP contribution is -2.20. The van der Waals surface area contributed by atoms with E-state index in [2.05, 4.69) is 15.3 Å². The van der Waals surface area contributed by atoms with Crippen LogP contribution in [0.5, 0.6) is 0 Å². The summed E-state index contributed by atoms with van der Waals surface area (Å²) in [6, 6.07) is 9.07. The maximum Gasteiger partial charge on any atom is 0.227 e. The Kier molecular flexibility index (Phi) is 5.40. The summed E-state index contributed by atoms with van der Waals surface area (Å²) in [6.07, 6.45) is 15.1. The first-order valence-electron chi connectivity index (χ1n) is 9.19. The average Bonchev–Trinajstić information content (AvgIpc) is 2.74. The predicted molar refractivity (Wildman–Crippen MR) is 115 cm³/mol. The van der Waals surface area contributed by atoms with Crippen molar-refractivity contribution in [3.8, 4) is 0 Å². The van der Waals surface area contributed by atoms with Crippen LogP contribution in [0.4, 0.5) is 11.6 Å². The van der Waals surface area contributed by atoms with Gasteiger partial charge in [-0.1, -0.05) is 48.0 Å². The number of allylic oxidation sites excluding steroid dienone is 9. The van der Waals surface area contributed by atoms with Crippen LogP contribution in [0.15, 0.2) is 90.4 Å². The first kappa shape index (κ1) is 18.9. The van der Waals surface area contributed by atoms with E-state index in [0.29, 0.717) is 28.7 Å². The fourth-order valence-corrected chi connectivity index (χ4v) is 3.35. The van der Waals surface area contributed by atoms with Crippen molar-refractivity contribution in [1.82, 2.24) is 9.97 Å². The molecule has 2 aromatic rings. The largest absolute Gasteiger partial charge is 0.875 e. The van der Waals surface area contributed by atoms with Crippen LogP contribution < -0.4 is 10.4 Å². The molecule has 2 N–H and O–H groups in total. The smallest absolute Gasteiger partial charge is 0.227 e. The molecular formula is C23H18ClN4O-. The molecule has 1 unspecified atom stereocenters. The Balaban J connectivity index is 1.64. The van der Waals surface area contributed by atoms with Crippen molar-refractivity contribution in [3.05, 3.63) is 101 Å². The third kappa shape index (κ3) is 4.36. The number of anilines is 2. The van der Waals surface area contributed by atoms with Gasteiger partial charge in [-0.3, -0.25) is 0 Å². The molecule has 144 valence electrons. The molecule has 0 amide bonds. The van der Waals surface area contributed by atoms with E-state index in [9.17, 15) is 5.11 Å². The van der Waals surface area contributed by atoms with E-state index in [1.54, 1.807) is 42.6 Å². The molecule has 1 aromatic heterocycles. The molecular weight excluding hydrogens is 384 g/mol. The molecule has 29 heavy (non-hydrogen) atoms. The summed E-state index contributed by atoms with van der Waals surface area (Å²) < 4.78 is 0. The highest BCUT2D eigenvalue weighted by atomic mass is 35.5. The molecule has 1 heterocycles. The molecule has 0 radical (unpaired) electrons. The van der Waals surface area contributed by atoms with Crippen molar-refractivity contribution in [2.45, 2.75) is 6.42 Å². The highest BCUT2D eigenvalue weighted by Crippen LogP contribution is 2.27. The molecule has 0 fully saturated rings. The summed E-state index contributed by atoms with van der Waals surface area (Å²) in [7, 11) is 0. The molecule has 5 nitrogen and oxygen atoms in total. The molecule has 1 aromatic carbocycles. The second kappa shape index (κ2) is 8.29. The summed E-state index contributed by atoms with van der Waals surface area (Å²) in [5.74, 6) is 0.140. The maximum absolute atomic E-state index is 12.9. The number of halogens is 1. The molecule has 1 atom stereocenters. The molecule has 0 saturated carbocycles. The monoisotopic (exact) mass is 401 g/mol. The van der Waals surface area contributed by atoms with Crippen LogP contribution in [-0.2, 0) is 0 Å². The van der Waals surface area contributed by atoms with Gasteiger partial charge in [-0.05, 0) is 54.3 Å². The average molecular weight is 402 g/mol. The van der Waals surface area contributed by atoms with Gasteiger partial charge in [0.1, 0.15) is 0 Å². The van der Waals surface area contributed by atoms with Crippen LogP contribution >= 0.6 is 11.6 Å². The number of nitrogens with zero attached hydrogens (tertiary/aromatic N) is 2. The quantitative estimate of drug-likeness (QED) is 0.733. The lowest BCUT2D eigenvalue weighted by Gasteiger charge is -2.26. The summed E-state index contributed by atoms with van der Waals surface area (Å²) in [4.78, 5) is 8.80. The van der Waals surface area contributed by atoms with Crippen LogP contribution in [-0.4, -0.2) is 15.7 Å². The lowest BCUT2D eigenvalue weighted by atomic mass is 9.90. The Labute approximate surface area is 174 Å². The van der Waals surface area contributed by atoms with Crippen molar-refractivity contribution in [2.75, 3.05) is 5.32 Å². The zero-order valence-electron chi connectivity index (χ0n) is 15.5. The second-order valence-corrected chi connectivity index (χ2v) is 7.12. The molecule has 0 saturated heterocycles. The van der Waals surface area contributed by atoms with Crippen molar-refractivity contribution < 1.29 is 5.11 Å². The minimum absolute atomic E-state index is 0.0521. The Bertz CT molecular complexity index is 1110. The first-order chi connectivity index (χ1) is 14.1. The Morgan fingerprint density at radius 2 is 2.10 bits per heavy atom. The van der Waals surface area contributed by atoms with Gasteiger partial charge in [0.25, 0.3) is 0 Å². The van der Waals surface area contributed by atoms with Crippen molar-refractivity contribution in [3.63, 3.8) is 0 Å². The number of benzene rings is 1. The fourth-order valence-electron chi connectivity index (χ4n) is 3.16. The van der Waals surface area contributed by atoms with Crippen LogP contribution in [0.2, 0.25) is 5.02 Å². The number of hydrogen-bond donors (Lipinski definition) is 2. The molecule has 0 bridgehead atoms. The number of aromatic nitrogens is 2. The van der Waals surface area contributed by atoms with Crippen molar-refractivity contribution in [2.24, 2.45) is 5.92 Å². The zero-order chi connectivity index (χ0) is 20.2. The first-order valence-corrected chi connectivity index (χ1v) is 9.57. The van der Waals surface area contributed by atoms with Gasteiger partial charge in [-0.25, -0.2) is 9.97 Å². The van der Waals surface area contributed by atoms with Crippen molar-refractivity contribution >= 4 is 34.5 Å². The standard InChI is InChI=1S/C23H19ClN4O/c24-17-7-4-8-18(14-17)27-23-26-12-11-21(28-23)16-9-10-20(25)19(13-16)22(29)15-5-2-1-3-6-15/h1-5,7-15,25,29H,6H2,(H,26,27,28)/p-1/b22-19-,25-20?. The Morgan fingerprint density at radius 1 is 1.21 bits per heavy atom. The molecule has 0 spiro atoms. The van der Waals surface area contributed by atoms with Gasteiger partial charge in [-0.15, -0.1) is 5.76 Å².